The molecule has 4 N–H and O–H groups in total. The van der Waals surface area contributed by atoms with Crippen molar-refractivity contribution in [2.75, 3.05) is 0 Å². The molecule has 1 aliphatic carbocycles. The summed E-state index contributed by atoms with van der Waals surface area (Å²) in [6.07, 6.45) is 6.42. The van der Waals surface area contributed by atoms with Crippen LogP contribution < -0.4 is 11.1 Å². The highest BCUT2D eigenvalue weighted by molar-refractivity contribution is 6.06. The van der Waals surface area contributed by atoms with Gasteiger partial charge < -0.3 is 16.3 Å². The fraction of sp³-hybridized carbons (Fsp3) is 0.867. The van der Waals surface area contributed by atoms with Gasteiger partial charge in [-0.3, -0.25) is 4.79 Å². The summed E-state index contributed by atoms with van der Waals surface area (Å²) < 4.78 is 0. The van der Waals surface area contributed by atoms with E-state index in [1.165, 1.54) is 0 Å². The maximum atomic E-state index is 12.7. The van der Waals surface area contributed by atoms with Gasteiger partial charge in [0, 0.05) is 6.04 Å². The summed E-state index contributed by atoms with van der Waals surface area (Å²) in [6, 6.07) is 0.114. The lowest BCUT2D eigenvalue weighted by atomic mass is 9.72. The first-order valence-electron chi connectivity index (χ1n) is 7.80. The lowest BCUT2D eigenvalue weighted by molar-refractivity contribution is -0.130. The largest absolute Gasteiger partial charge is 0.409 e. The zero-order valence-electron chi connectivity index (χ0n) is 13.0. The Labute approximate surface area is 122 Å². The number of hydrogen-bond donors (Lipinski definition) is 3. The molecule has 0 aromatic rings. The molecule has 0 saturated heterocycles. The van der Waals surface area contributed by atoms with Crippen molar-refractivity contribution in [3.63, 3.8) is 0 Å². The fourth-order valence-corrected chi connectivity index (χ4v) is 3.31. The monoisotopic (exact) mass is 283 g/mol. The van der Waals surface area contributed by atoms with Gasteiger partial charge in [-0.25, -0.2) is 0 Å². The maximum Gasteiger partial charge on any atom is 0.234 e. The van der Waals surface area contributed by atoms with Gasteiger partial charge in [0.25, 0.3) is 0 Å². The van der Waals surface area contributed by atoms with Crippen molar-refractivity contribution in [2.24, 2.45) is 22.2 Å². The van der Waals surface area contributed by atoms with Gasteiger partial charge in [-0.15, -0.1) is 0 Å². The van der Waals surface area contributed by atoms with Crippen molar-refractivity contribution in [3.8, 4) is 0 Å². The number of carbonyl (C=O) groups excluding carboxylic acids is 1. The van der Waals surface area contributed by atoms with Gasteiger partial charge in [0.05, 0.1) is 0 Å². The summed E-state index contributed by atoms with van der Waals surface area (Å²) >= 11 is 0. The number of nitrogens with two attached hydrogens (primary N) is 1. The molecule has 1 fully saturated rings. The molecule has 1 atom stereocenters. The lowest BCUT2D eigenvalue weighted by Gasteiger charge is -2.36. The Balaban J connectivity index is 2.84. The molecular formula is C15H29N3O2. The van der Waals surface area contributed by atoms with Crippen LogP contribution in [0.4, 0.5) is 0 Å². The number of oxime groups is 1. The van der Waals surface area contributed by atoms with E-state index in [-0.39, 0.29) is 17.8 Å². The minimum absolute atomic E-state index is 0.0615. The van der Waals surface area contributed by atoms with Gasteiger partial charge in [-0.05, 0) is 25.7 Å². The highest BCUT2D eigenvalue weighted by Crippen LogP contribution is 2.37. The predicted molar refractivity (Wildman–Crippen MR) is 80.6 cm³/mol. The van der Waals surface area contributed by atoms with Gasteiger partial charge in [0.2, 0.25) is 5.91 Å². The fourth-order valence-electron chi connectivity index (χ4n) is 3.31. The van der Waals surface area contributed by atoms with Gasteiger partial charge >= 0.3 is 0 Å². The Morgan fingerprint density at radius 1 is 1.30 bits per heavy atom. The number of nitrogens with one attached hydrogen (secondary N) is 1. The zero-order chi connectivity index (χ0) is 15.2. The SMILES string of the molecule is CCC(CC)C(C)NC(=O)C1(C(N)=NO)CCCCC1. The second-order valence-electron chi connectivity index (χ2n) is 5.97. The highest BCUT2D eigenvalue weighted by Gasteiger charge is 2.44. The lowest BCUT2D eigenvalue weighted by Crippen LogP contribution is -2.53. The van der Waals surface area contributed by atoms with Gasteiger partial charge in [-0.2, -0.15) is 0 Å². The first-order valence-corrected chi connectivity index (χ1v) is 7.80. The molecule has 0 radical (unpaired) electrons. The molecule has 116 valence electrons. The van der Waals surface area contributed by atoms with E-state index in [1.54, 1.807) is 0 Å². The molecule has 1 amide bonds. The second-order valence-corrected chi connectivity index (χ2v) is 5.97. The van der Waals surface area contributed by atoms with Crippen LogP contribution >= 0.6 is 0 Å². The Morgan fingerprint density at radius 3 is 2.30 bits per heavy atom. The van der Waals surface area contributed by atoms with E-state index in [1.807, 2.05) is 6.92 Å². The van der Waals surface area contributed by atoms with Crippen LogP contribution in [-0.4, -0.2) is 23.0 Å². The first-order chi connectivity index (χ1) is 9.51. The number of amides is 1. The average Bonchev–Trinajstić information content (AvgIpc) is 2.48. The van der Waals surface area contributed by atoms with Gasteiger partial charge in [0.15, 0.2) is 5.84 Å². The van der Waals surface area contributed by atoms with Crippen LogP contribution in [0.25, 0.3) is 0 Å². The molecule has 0 heterocycles. The molecule has 0 spiro atoms. The van der Waals surface area contributed by atoms with E-state index >= 15 is 0 Å². The van der Waals surface area contributed by atoms with E-state index in [9.17, 15) is 4.79 Å². The maximum absolute atomic E-state index is 12.7. The molecule has 20 heavy (non-hydrogen) atoms. The normalized spacial score (nSPS) is 20.7. The molecule has 5 nitrogen and oxygen atoms in total. The molecule has 0 aliphatic heterocycles. The molecule has 1 unspecified atom stereocenters. The van der Waals surface area contributed by atoms with Crippen LogP contribution in [0, 0.1) is 11.3 Å². The van der Waals surface area contributed by atoms with Crippen LogP contribution in [0.1, 0.15) is 65.7 Å². The summed E-state index contributed by atoms with van der Waals surface area (Å²) in [5.74, 6) is 0.449. The summed E-state index contributed by atoms with van der Waals surface area (Å²) in [5, 5.41) is 15.2. The van der Waals surface area contributed by atoms with Crippen molar-refractivity contribution in [3.05, 3.63) is 0 Å². The third-order valence-electron chi connectivity index (χ3n) is 4.85. The van der Waals surface area contributed by atoms with E-state index in [0.29, 0.717) is 18.8 Å². The summed E-state index contributed by atoms with van der Waals surface area (Å²) in [6.45, 7) is 6.31. The Morgan fingerprint density at radius 2 is 1.85 bits per heavy atom. The van der Waals surface area contributed by atoms with Crippen molar-refractivity contribution < 1.29 is 10.0 Å². The smallest absolute Gasteiger partial charge is 0.234 e. The summed E-state index contributed by atoms with van der Waals surface area (Å²) in [7, 11) is 0. The van der Waals surface area contributed by atoms with Crippen molar-refractivity contribution in [1.29, 1.82) is 0 Å². The number of amidine groups is 1. The minimum atomic E-state index is -0.812. The predicted octanol–water partition coefficient (Wildman–Crippen LogP) is 2.62. The summed E-state index contributed by atoms with van der Waals surface area (Å²) in [4.78, 5) is 12.7. The minimum Gasteiger partial charge on any atom is -0.409 e. The number of nitrogens with zero attached hydrogens (tertiary/aromatic N) is 1. The number of hydrogen-bond acceptors (Lipinski definition) is 3. The Bertz CT molecular complexity index is 345. The average molecular weight is 283 g/mol. The van der Waals surface area contributed by atoms with E-state index in [2.05, 4.69) is 24.3 Å². The second kappa shape index (κ2) is 7.50. The molecule has 1 aliphatic rings. The number of carbonyl (C=O) groups is 1. The Hall–Kier alpha value is -1.26. The van der Waals surface area contributed by atoms with E-state index in [0.717, 1.165) is 32.1 Å². The molecule has 0 bridgehead atoms. The Kier molecular flexibility index (Phi) is 6.30. The van der Waals surface area contributed by atoms with Crippen molar-refractivity contribution in [1.82, 2.24) is 5.32 Å². The van der Waals surface area contributed by atoms with Crippen LogP contribution in [-0.2, 0) is 4.79 Å². The molecule has 5 heteroatoms. The van der Waals surface area contributed by atoms with Crippen LogP contribution in [0.5, 0.6) is 0 Å². The molecule has 1 rings (SSSR count). The van der Waals surface area contributed by atoms with Crippen molar-refractivity contribution >= 4 is 11.7 Å². The standard InChI is InChI=1S/C15H29N3O2/c1-4-12(5-2)11(3)17-14(19)15(13(16)18-20)9-7-6-8-10-15/h11-12,20H,4-10H2,1-3H3,(H2,16,18)(H,17,19). The molecular weight excluding hydrogens is 254 g/mol. The summed E-state index contributed by atoms with van der Waals surface area (Å²) in [5.41, 5.74) is 5.03. The van der Waals surface area contributed by atoms with Crippen LogP contribution in [0.15, 0.2) is 5.16 Å². The molecule has 0 aromatic heterocycles. The topological polar surface area (TPSA) is 87.7 Å². The molecule has 0 aromatic carbocycles. The third kappa shape index (κ3) is 3.44. The van der Waals surface area contributed by atoms with Gasteiger partial charge in [0.1, 0.15) is 5.41 Å². The van der Waals surface area contributed by atoms with E-state index in [4.69, 9.17) is 10.9 Å². The van der Waals surface area contributed by atoms with Crippen LogP contribution in [0.2, 0.25) is 0 Å². The van der Waals surface area contributed by atoms with E-state index < -0.39 is 5.41 Å². The van der Waals surface area contributed by atoms with Crippen LogP contribution in [0.3, 0.4) is 0 Å². The third-order valence-corrected chi connectivity index (χ3v) is 4.85. The van der Waals surface area contributed by atoms with Crippen molar-refractivity contribution in [2.45, 2.75) is 71.8 Å². The van der Waals surface area contributed by atoms with Gasteiger partial charge in [-0.1, -0.05) is 51.1 Å². The first kappa shape index (κ1) is 16.8. The zero-order valence-corrected chi connectivity index (χ0v) is 13.0. The number of rotatable bonds is 6. The molecule has 1 saturated carbocycles. The quantitative estimate of drug-likeness (QED) is 0.303. The highest BCUT2D eigenvalue weighted by atomic mass is 16.4.